The third-order valence-electron chi connectivity index (χ3n) is 4.08. The van der Waals surface area contributed by atoms with Crippen molar-refractivity contribution < 1.29 is 13.9 Å². The number of benzene rings is 2. The van der Waals surface area contributed by atoms with E-state index in [1.807, 2.05) is 39.0 Å². The summed E-state index contributed by atoms with van der Waals surface area (Å²) in [5.41, 5.74) is 2.20. The minimum atomic E-state index is -0.534. The average molecular weight is 400 g/mol. The smallest absolute Gasteiger partial charge is 0.254 e. The molecule has 0 fully saturated rings. The highest BCUT2D eigenvalue weighted by Gasteiger charge is 2.10. The maximum atomic E-state index is 13.6. The van der Waals surface area contributed by atoms with Crippen LogP contribution in [0.4, 0.5) is 4.39 Å². The van der Waals surface area contributed by atoms with Crippen molar-refractivity contribution >= 4 is 11.9 Å². The van der Waals surface area contributed by atoms with Gasteiger partial charge in [-0.2, -0.15) is 0 Å². The Morgan fingerprint density at radius 2 is 1.83 bits per heavy atom. The second-order valence-corrected chi connectivity index (χ2v) is 6.87. The minimum absolute atomic E-state index is 0.0343. The zero-order chi connectivity index (χ0) is 21.2. The predicted octanol–water partition coefficient (Wildman–Crippen LogP) is 3.02. The van der Waals surface area contributed by atoms with Crippen LogP contribution in [0.5, 0.6) is 5.75 Å². The van der Waals surface area contributed by atoms with E-state index in [1.54, 1.807) is 19.2 Å². The molecular weight excluding hydrogens is 371 g/mol. The molecule has 0 heterocycles. The second-order valence-electron chi connectivity index (χ2n) is 6.87. The second kappa shape index (κ2) is 11.0. The van der Waals surface area contributed by atoms with Crippen molar-refractivity contribution in [1.82, 2.24) is 16.0 Å². The van der Waals surface area contributed by atoms with Crippen molar-refractivity contribution in [2.45, 2.75) is 33.4 Å². The monoisotopic (exact) mass is 400 g/mol. The normalized spacial score (nSPS) is 11.3. The van der Waals surface area contributed by atoms with E-state index in [0.29, 0.717) is 25.6 Å². The first-order chi connectivity index (χ1) is 13.9. The first kappa shape index (κ1) is 22.2. The molecule has 1 amide bonds. The van der Waals surface area contributed by atoms with Gasteiger partial charge in [0.25, 0.3) is 5.91 Å². The molecule has 0 aromatic heterocycles. The van der Waals surface area contributed by atoms with Crippen LogP contribution in [-0.2, 0) is 6.54 Å². The van der Waals surface area contributed by atoms with E-state index in [4.69, 9.17) is 4.74 Å². The summed E-state index contributed by atoms with van der Waals surface area (Å²) in [5, 5.41) is 9.04. The molecule has 0 radical (unpaired) electrons. The molecule has 2 aromatic rings. The van der Waals surface area contributed by atoms with E-state index in [0.717, 1.165) is 16.9 Å². The highest BCUT2D eigenvalue weighted by atomic mass is 19.1. The van der Waals surface area contributed by atoms with Gasteiger partial charge in [-0.1, -0.05) is 24.3 Å². The van der Waals surface area contributed by atoms with Crippen molar-refractivity contribution in [2.75, 3.05) is 20.1 Å². The van der Waals surface area contributed by atoms with Crippen LogP contribution in [0.3, 0.4) is 0 Å². The number of hydrogen-bond acceptors (Lipinski definition) is 3. The maximum Gasteiger partial charge on any atom is 0.254 e. The molecule has 0 saturated carbocycles. The number of ether oxygens (including phenoxy) is 1. The Morgan fingerprint density at radius 1 is 1.10 bits per heavy atom. The van der Waals surface area contributed by atoms with Crippen molar-refractivity contribution in [2.24, 2.45) is 4.99 Å². The summed E-state index contributed by atoms with van der Waals surface area (Å²) >= 11 is 0. The first-order valence-electron chi connectivity index (χ1n) is 9.64. The van der Waals surface area contributed by atoms with Crippen molar-refractivity contribution in [3.63, 3.8) is 0 Å². The quantitative estimate of drug-likeness (QED) is 0.362. The lowest BCUT2D eigenvalue weighted by Gasteiger charge is -2.17. The van der Waals surface area contributed by atoms with Crippen LogP contribution in [0, 0.1) is 12.7 Å². The Morgan fingerprint density at radius 3 is 2.52 bits per heavy atom. The summed E-state index contributed by atoms with van der Waals surface area (Å²) < 4.78 is 19.5. The summed E-state index contributed by atoms with van der Waals surface area (Å²) in [7, 11) is 1.67. The number of nitrogens with one attached hydrogen (secondary N) is 3. The Kier molecular flexibility index (Phi) is 8.45. The van der Waals surface area contributed by atoms with Crippen LogP contribution >= 0.6 is 0 Å². The zero-order valence-corrected chi connectivity index (χ0v) is 17.4. The van der Waals surface area contributed by atoms with Gasteiger partial charge in [0.2, 0.25) is 0 Å². The molecule has 0 spiro atoms. The Hall–Kier alpha value is -3.09. The number of aliphatic imine (C=N–C) groups is 1. The Balaban J connectivity index is 1.81. The lowest BCUT2D eigenvalue weighted by molar-refractivity contribution is 0.0950. The van der Waals surface area contributed by atoms with Gasteiger partial charge in [0.05, 0.1) is 11.7 Å². The molecule has 0 unspecified atom stereocenters. The van der Waals surface area contributed by atoms with Crippen LogP contribution in [0.1, 0.15) is 35.3 Å². The molecule has 29 heavy (non-hydrogen) atoms. The van der Waals surface area contributed by atoms with Gasteiger partial charge in [0, 0.05) is 32.2 Å². The molecule has 6 nitrogen and oxygen atoms in total. The van der Waals surface area contributed by atoms with Gasteiger partial charge in [-0.3, -0.25) is 9.79 Å². The molecule has 0 aliphatic carbocycles. The number of carbonyl (C=O) groups excluding carboxylic acids is 1. The third kappa shape index (κ3) is 7.10. The number of hydrogen-bond donors (Lipinski definition) is 3. The molecular formula is C22H29FN4O2. The average Bonchev–Trinajstić information content (AvgIpc) is 2.68. The van der Waals surface area contributed by atoms with Crippen LogP contribution in [0.15, 0.2) is 47.5 Å². The number of carbonyl (C=O) groups is 1. The summed E-state index contributed by atoms with van der Waals surface area (Å²) in [6, 6.07) is 12.0. The molecule has 0 aliphatic heterocycles. The van der Waals surface area contributed by atoms with Crippen molar-refractivity contribution in [3.05, 3.63) is 65.0 Å². The summed E-state index contributed by atoms with van der Waals surface area (Å²) in [6.45, 7) is 7.35. The first-order valence-corrected chi connectivity index (χ1v) is 9.64. The Labute approximate surface area is 171 Å². The van der Waals surface area contributed by atoms with Gasteiger partial charge < -0.3 is 20.7 Å². The molecule has 2 rings (SSSR count). The van der Waals surface area contributed by atoms with Crippen LogP contribution < -0.4 is 20.7 Å². The van der Waals surface area contributed by atoms with Gasteiger partial charge in [0.1, 0.15) is 11.6 Å². The molecule has 0 atom stereocenters. The Bertz CT molecular complexity index is 852. The molecule has 7 heteroatoms. The number of halogens is 1. The van der Waals surface area contributed by atoms with Crippen molar-refractivity contribution in [3.8, 4) is 5.75 Å². The fourth-order valence-corrected chi connectivity index (χ4v) is 2.67. The summed E-state index contributed by atoms with van der Waals surface area (Å²) in [6.07, 6.45) is 0.0889. The van der Waals surface area contributed by atoms with E-state index in [1.165, 1.54) is 12.1 Å². The standard InChI is InChI=1S/C22H29FN4O2/c1-15(2)29-20-13-16(3)9-10-17(20)14-27-22(24-4)26-12-11-25-21(28)18-7-5-6-8-19(18)23/h5-10,13,15H,11-12,14H2,1-4H3,(H,25,28)(H2,24,26,27). The fraction of sp³-hybridized carbons (Fsp3) is 0.364. The number of nitrogens with zero attached hydrogens (tertiary/aromatic N) is 1. The number of aryl methyl sites for hydroxylation is 1. The topological polar surface area (TPSA) is 74.8 Å². The minimum Gasteiger partial charge on any atom is -0.491 e. The zero-order valence-electron chi connectivity index (χ0n) is 17.4. The highest BCUT2D eigenvalue weighted by molar-refractivity contribution is 5.94. The largest absolute Gasteiger partial charge is 0.491 e. The number of rotatable bonds is 8. The van der Waals surface area contributed by atoms with E-state index in [9.17, 15) is 9.18 Å². The summed E-state index contributed by atoms with van der Waals surface area (Å²) in [5.74, 6) is 0.470. The molecule has 156 valence electrons. The lowest BCUT2D eigenvalue weighted by atomic mass is 10.1. The van der Waals surface area contributed by atoms with E-state index in [-0.39, 0.29) is 11.7 Å². The van der Waals surface area contributed by atoms with Crippen LogP contribution in [-0.4, -0.2) is 38.1 Å². The van der Waals surface area contributed by atoms with Gasteiger partial charge in [-0.05, 0) is 44.5 Å². The highest BCUT2D eigenvalue weighted by Crippen LogP contribution is 2.21. The van der Waals surface area contributed by atoms with E-state index >= 15 is 0 Å². The number of guanidine groups is 1. The van der Waals surface area contributed by atoms with Crippen molar-refractivity contribution in [1.29, 1.82) is 0 Å². The molecule has 0 saturated heterocycles. The molecule has 3 N–H and O–H groups in total. The molecule has 2 aromatic carbocycles. The predicted molar refractivity (Wildman–Crippen MR) is 114 cm³/mol. The van der Waals surface area contributed by atoms with E-state index in [2.05, 4.69) is 20.9 Å². The summed E-state index contributed by atoms with van der Waals surface area (Å²) in [4.78, 5) is 16.2. The van der Waals surface area contributed by atoms with Crippen LogP contribution in [0.2, 0.25) is 0 Å². The molecule has 0 aliphatic rings. The van der Waals surface area contributed by atoms with E-state index < -0.39 is 11.7 Å². The number of amides is 1. The van der Waals surface area contributed by atoms with Crippen LogP contribution in [0.25, 0.3) is 0 Å². The van der Waals surface area contributed by atoms with Gasteiger partial charge in [-0.15, -0.1) is 0 Å². The lowest BCUT2D eigenvalue weighted by Crippen LogP contribution is -2.41. The third-order valence-corrected chi connectivity index (χ3v) is 4.08. The van der Waals surface area contributed by atoms with Gasteiger partial charge >= 0.3 is 0 Å². The fourth-order valence-electron chi connectivity index (χ4n) is 2.67. The van der Waals surface area contributed by atoms with Gasteiger partial charge in [-0.25, -0.2) is 4.39 Å². The molecule has 0 bridgehead atoms. The maximum absolute atomic E-state index is 13.6. The SMILES string of the molecule is CN=C(NCCNC(=O)c1ccccc1F)NCc1ccc(C)cc1OC(C)C. The van der Waals surface area contributed by atoms with Gasteiger partial charge in [0.15, 0.2) is 5.96 Å².